The lowest BCUT2D eigenvalue weighted by Crippen LogP contribution is -2.46. The van der Waals surface area contributed by atoms with Crippen LogP contribution in [0.4, 0.5) is 0 Å². The van der Waals surface area contributed by atoms with Crippen LogP contribution in [0.1, 0.15) is 18.7 Å². The summed E-state index contributed by atoms with van der Waals surface area (Å²) < 4.78 is 28.0. The Hall–Kier alpha value is -0.920. The van der Waals surface area contributed by atoms with Crippen molar-refractivity contribution in [2.45, 2.75) is 30.8 Å². The average molecular weight is 272 g/mol. The molecule has 0 aliphatic carbocycles. The van der Waals surface area contributed by atoms with Crippen molar-refractivity contribution in [3.8, 4) is 0 Å². The first-order valence-electron chi connectivity index (χ1n) is 6.11. The van der Waals surface area contributed by atoms with Crippen LogP contribution in [0.2, 0.25) is 0 Å². The Balaban J connectivity index is 2.24. The normalized spacial score (nSPS) is 21.4. The highest BCUT2D eigenvalue weighted by atomic mass is 32.2. The highest BCUT2D eigenvalue weighted by Crippen LogP contribution is 2.18. The summed E-state index contributed by atoms with van der Waals surface area (Å²) in [6.07, 6.45) is 3.47. The Kier molecular flexibility index (Phi) is 3.74. The van der Waals surface area contributed by atoms with E-state index in [1.807, 2.05) is 0 Å². The van der Waals surface area contributed by atoms with Gasteiger partial charge in [-0.2, -0.15) is 4.31 Å². The Bertz CT molecular complexity index is 498. The second kappa shape index (κ2) is 4.99. The largest absolute Gasteiger partial charge is 0.337 e. The highest BCUT2D eigenvalue weighted by molar-refractivity contribution is 7.89. The van der Waals surface area contributed by atoms with Crippen molar-refractivity contribution in [3.05, 3.63) is 12.0 Å². The van der Waals surface area contributed by atoms with Gasteiger partial charge in [-0.05, 0) is 26.3 Å². The van der Waals surface area contributed by atoms with Gasteiger partial charge in [0.15, 0.2) is 5.03 Å². The van der Waals surface area contributed by atoms with E-state index < -0.39 is 10.0 Å². The predicted octanol–water partition coefficient (Wildman–Crippen LogP) is 0.101. The topological polar surface area (TPSA) is 67.2 Å². The first kappa shape index (κ1) is 13.5. The van der Waals surface area contributed by atoms with Gasteiger partial charge < -0.3 is 9.88 Å². The van der Waals surface area contributed by atoms with Crippen LogP contribution in [0.3, 0.4) is 0 Å². The summed E-state index contributed by atoms with van der Waals surface area (Å²) in [6.45, 7) is 3.47. The zero-order valence-electron chi connectivity index (χ0n) is 11.0. The summed E-state index contributed by atoms with van der Waals surface area (Å²) in [5.74, 6) is 0.698. The standard InChI is InChI=1S/C11H20N4O2S/c1-9-13-11(8-14(9)2)18(16,17)15(3)10-5-4-6-12-7-10/h8,10,12H,4-7H2,1-3H3. The number of imidazole rings is 1. The average Bonchev–Trinajstić information content (AvgIpc) is 2.70. The lowest BCUT2D eigenvalue weighted by atomic mass is 10.1. The highest BCUT2D eigenvalue weighted by Gasteiger charge is 2.30. The van der Waals surface area contributed by atoms with E-state index in [-0.39, 0.29) is 11.1 Å². The van der Waals surface area contributed by atoms with Crippen LogP contribution in [0.15, 0.2) is 11.2 Å². The third kappa shape index (κ3) is 2.43. The van der Waals surface area contributed by atoms with E-state index >= 15 is 0 Å². The van der Waals surface area contributed by atoms with Crippen molar-refractivity contribution in [2.75, 3.05) is 20.1 Å². The van der Waals surface area contributed by atoms with Gasteiger partial charge in [0.25, 0.3) is 10.0 Å². The molecule has 0 aromatic carbocycles. The number of nitrogens with zero attached hydrogens (tertiary/aromatic N) is 3. The molecule has 1 N–H and O–H groups in total. The number of aryl methyl sites for hydroxylation is 2. The van der Waals surface area contributed by atoms with E-state index in [0.717, 1.165) is 19.4 Å². The van der Waals surface area contributed by atoms with Crippen molar-refractivity contribution in [1.82, 2.24) is 19.2 Å². The fourth-order valence-electron chi connectivity index (χ4n) is 2.14. The quantitative estimate of drug-likeness (QED) is 0.847. The molecule has 1 fully saturated rings. The molecule has 1 unspecified atom stereocenters. The molecule has 6 nitrogen and oxygen atoms in total. The van der Waals surface area contributed by atoms with Crippen molar-refractivity contribution >= 4 is 10.0 Å². The van der Waals surface area contributed by atoms with Gasteiger partial charge in [-0.25, -0.2) is 13.4 Å². The van der Waals surface area contributed by atoms with Crippen LogP contribution in [-0.2, 0) is 17.1 Å². The molecule has 1 aromatic rings. The summed E-state index contributed by atoms with van der Waals surface area (Å²) in [5, 5.41) is 3.36. The van der Waals surface area contributed by atoms with Gasteiger partial charge in [0.1, 0.15) is 5.82 Å². The number of piperidine rings is 1. The van der Waals surface area contributed by atoms with Gasteiger partial charge in [0.2, 0.25) is 0 Å². The summed E-state index contributed by atoms with van der Waals surface area (Å²) in [5.41, 5.74) is 0. The second-order valence-corrected chi connectivity index (χ2v) is 6.70. The van der Waals surface area contributed by atoms with Crippen LogP contribution in [0, 0.1) is 6.92 Å². The smallest absolute Gasteiger partial charge is 0.262 e. The molecule has 2 rings (SSSR count). The van der Waals surface area contributed by atoms with Crippen LogP contribution < -0.4 is 5.32 Å². The number of rotatable bonds is 3. The Morgan fingerprint density at radius 1 is 1.56 bits per heavy atom. The molecule has 1 saturated heterocycles. The summed E-state index contributed by atoms with van der Waals surface area (Å²) in [6, 6.07) is 0.0195. The van der Waals surface area contributed by atoms with Gasteiger partial charge in [-0.1, -0.05) is 0 Å². The number of likely N-dealkylation sites (N-methyl/N-ethyl adjacent to an activating group) is 1. The molecule has 1 aliphatic rings. The molecule has 7 heteroatoms. The molecular formula is C11H20N4O2S. The van der Waals surface area contributed by atoms with E-state index in [2.05, 4.69) is 10.3 Å². The molecule has 1 aliphatic heterocycles. The monoisotopic (exact) mass is 272 g/mol. The molecule has 1 aromatic heterocycles. The van der Waals surface area contributed by atoms with Crippen molar-refractivity contribution in [1.29, 1.82) is 0 Å². The van der Waals surface area contributed by atoms with Crippen LogP contribution in [-0.4, -0.2) is 48.5 Å². The summed E-state index contributed by atoms with van der Waals surface area (Å²) >= 11 is 0. The Labute approximate surface area is 108 Å². The third-order valence-corrected chi connectivity index (χ3v) is 5.30. The van der Waals surface area contributed by atoms with E-state index in [1.165, 1.54) is 4.31 Å². The van der Waals surface area contributed by atoms with Gasteiger partial charge in [-0.15, -0.1) is 0 Å². The number of nitrogens with one attached hydrogen (secondary N) is 1. The van der Waals surface area contributed by atoms with E-state index in [4.69, 9.17) is 0 Å². The minimum atomic E-state index is -3.48. The van der Waals surface area contributed by atoms with Crippen molar-refractivity contribution in [2.24, 2.45) is 7.05 Å². The maximum Gasteiger partial charge on any atom is 0.262 e. The summed E-state index contributed by atoms with van der Waals surface area (Å²) in [7, 11) is -0.0478. The molecule has 18 heavy (non-hydrogen) atoms. The zero-order valence-corrected chi connectivity index (χ0v) is 11.9. The molecule has 0 amide bonds. The maximum atomic E-state index is 12.4. The number of sulfonamides is 1. The molecule has 0 bridgehead atoms. The maximum absolute atomic E-state index is 12.4. The first-order chi connectivity index (χ1) is 8.43. The molecule has 0 radical (unpaired) electrons. The molecule has 1 atom stereocenters. The fourth-order valence-corrected chi connectivity index (χ4v) is 3.54. The first-order valence-corrected chi connectivity index (χ1v) is 7.55. The van der Waals surface area contributed by atoms with E-state index in [9.17, 15) is 8.42 Å². The number of hydrogen-bond donors (Lipinski definition) is 1. The third-order valence-electron chi connectivity index (χ3n) is 3.52. The lowest BCUT2D eigenvalue weighted by Gasteiger charge is -2.30. The van der Waals surface area contributed by atoms with Gasteiger partial charge >= 0.3 is 0 Å². The Morgan fingerprint density at radius 3 is 2.78 bits per heavy atom. The van der Waals surface area contributed by atoms with Crippen LogP contribution >= 0.6 is 0 Å². The van der Waals surface area contributed by atoms with Gasteiger partial charge in [0, 0.05) is 32.9 Å². The Morgan fingerprint density at radius 2 is 2.28 bits per heavy atom. The lowest BCUT2D eigenvalue weighted by molar-refractivity contribution is 0.299. The van der Waals surface area contributed by atoms with Crippen molar-refractivity contribution in [3.63, 3.8) is 0 Å². The minimum Gasteiger partial charge on any atom is -0.337 e. The second-order valence-electron chi connectivity index (χ2n) is 4.76. The number of aromatic nitrogens is 2. The van der Waals surface area contributed by atoms with E-state index in [1.54, 1.807) is 31.8 Å². The van der Waals surface area contributed by atoms with Crippen molar-refractivity contribution < 1.29 is 8.42 Å². The van der Waals surface area contributed by atoms with Gasteiger partial charge in [0.05, 0.1) is 0 Å². The molecule has 0 spiro atoms. The van der Waals surface area contributed by atoms with Crippen LogP contribution in [0.5, 0.6) is 0 Å². The minimum absolute atomic E-state index is 0.0195. The fraction of sp³-hybridized carbons (Fsp3) is 0.727. The van der Waals surface area contributed by atoms with Gasteiger partial charge in [-0.3, -0.25) is 0 Å². The molecular weight excluding hydrogens is 252 g/mol. The van der Waals surface area contributed by atoms with Crippen LogP contribution in [0.25, 0.3) is 0 Å². The number of hydrogen-bond acceptors (Lipinski definition) is 4. The predicted molar refractivity (Wildman–Crippen MR) is 68.8 cm³/mol. The zero-order chi connectivity index (χ0) is 13.3. The SMILES string of the molecule is Cc1nc(S(=O)(=O)N(C)C2CCCNC2)cn1C. The molecule has 0 saturated carbocycles. The molecule has 102 valence electrons. The molecule has 2 heterocycles. The van der Waals surface area contributed by atoms with E-state index in [0.29, 0.717) is 12.4 Å². The summed E-state index contributed by atoms with van der Waals surface area (Å²) in [4.78, 5) is 4.11.